The molecule has 0 spiro atoms. The van der Waals surface area contributed by atoms with Gasteiger partial charge >= 0.3 is 0 Å². The topological polar surface area (TPSA) is 20.3 Å². The van der Waals surface area contributed by atoms with Crippen molar-refractivity contribution in [2.75, 3.05) is 12.4 Å². The van der Waals surface area contributed by atoms with Crippen LogP contribution in [0.25, 0.3) is 0 Å². The highest BCUT2D eigenvalue weighted by Gasteiger charge is 2.34. The number of nitrogens with zero attached hydrogens (tertiary/aromatic N) is 1. The third-order valence-electron chi connectivity index (χ3n) is 3.68. The predicted molar refractivity (Wildman–Crippen MR) is 57.4 cm³/mol. The summed E-state index contributed by atoms with van der Waals surface area (Å²) in [6.45, 7) is 0.937. The monoisotopic (exact) mass is 215 g/mol. The molecule has 1 saturated heterocycles. The van der Waals surface area contributed by atoms with Gasteiger partial charge in [-0.25, -0.2) is 0 Å². The molecule has 2 fully saturated rings. The van der Waals surface area contributed by atoms with E-state index in [-0.39, 0.29) is 11.8 Å². The van der Waals surface area contributed by atoms with Crippen LogP contribution in [0, 0.1) is 5.92 Å². The zero-order valence-electron chi connectivity index (χ0n) is 8.54. The summed E-state index contributed by atoms with van der Waals surface area (Å²) in [6, 6.07) is 0.517. The van der Waals surface area contributed by atoms with E-state index in [2.05, 4.69) is 0 Å². The number of halogens is 1. The minimum absolute atomic E-state index is 0.142. The first-order valence-corrected chi connectivity index (χ1v) is 6.22. The van der Waals surface area contributed by atoms with Gasteiger partial charge in [0.15, 0.2) is 0 Å². The van der Waals surface area contributed by atoms with Crippen LogP contribution in [-0.4, -0.2) is 29.3 Å². The van der Waals surface area contributed by atoms with Crippen molar-refractivity contribution in [3.8, 4) is 0 Å². The van der Waals surface area contributed by atoms with Crippen molar-refractivity contribution in [1.29, 1.82) is 0 Å². The summed E-state index contributed by atoms with van der Waals surface area (Å²) >= 11 is 5.63. The van der Waals surface area contributed by atoms with Crippen molar-refractivity contribution < 1.29 is 4.79 Å². The summed E-state index contributed by atoms with van der Waals surface area (Å²) < 4.78 is 0. The second-order valence-electron chi connectivity index (χ2n) is 4.47. The van der Waals surface area contributed by atoms with Crippen LogP contribution in [0.3, 0.4) is 0 Å². The maximum atomic E-state index is 11.6. The van der Waals surface area contributed by atoms with Gasteiger partial charge in [0, 0.05) is 12.6 Å². The van der Waals surface area contributed by atoms with Crippen LogP contribution in [-0.2, 0) is 4.79 Å². The summed E-state index contributed by atoms with van der Waals surface area (Å²) in [5, 5.41) is 0. The van der Waals surface area contributed by atoms with E-state index in [1.54, 1.807) is 0 Å². The Hall–Kier alpha value is -0.240. The van der Waals surface area contributed by atoms with E-state index < -0.39 is 0 Å². The lowest BCUT2D eigenvalue weighted by atomic mass is 9.78. The van der Waals surface area contributed by atoms with Crippen LogP contribution in [0.4, 0.5) is 0 Å². The second-order valence-corrected chi connectivity index (χ2v) is 4.74. The van der Waals surface area contributed by atoms with Crippen molar-refractivity contribution in [3.05, 3.63) is 0 Å². The average molecular weight is 216 g/mol. The first kappa shape index (κ1) is 10.3. The minimum atomic E-state index is 0.142. The van der Waals surface area contributed by atoms with E-state index in [4.69, 9.17) is 11.6 Å². The van der Waals surface area contributed by atoms with Gasteiger partial charge in [-0.2, -0.15) is 0 Å². The third-order valence-corrected chi connectivity index (χ3v) is 3.91. The highest BCUT2D eigenvalue weighted by Crippen LogP contribution is 2.35. The Kier molecular flexibility index (Phi) is 3.32. The smallest absolute Gasteiger partial charge is 0.237 e. The second kappa shape index (κ2) is 4.52. The van der Waals surface area contributed by atoms with Crippen LogP contribution in [0.5, 0.6) is 0 Å². The van der Waals surface area contributed by atoms with Gasteiger partial charge in [-0.05, 0) is 31.6 Å². The number of carbonyl (C=O) groups is 1. The average Bonchev–Trinajstić information content (AvgIpc) is 2.27. The minimum Gasteiger partial charge on any atom is -0.338 e. The molecule has 0 bridgehead atoms. The Morgan fingerprint density at radius 3 is 2.71 bits per heavy atom. The zero-order chi connectivity index (χ0) is 9.97. The number of carbonyl (C=O) groups excluding carboxylic acids is 1. The molecule has 1 aliphatic heterocycles. The van der Waals surface area contributed by atoms with E-state index in [1.165, 1.54) is 38.5 Å². The van der Waals surface area contributed by atoms with Crippen molar-refractivity contribution in [1.82, 2.24) is 4.90 Å². The van der Waals surface area contributed by atoms with Crippen molar-refractivity contribution >= 4 is 17.5 Å². The predicted octanol–water partition coefficient (Wildman–Crippen LogP) is 2.41. The molecule has 0 N–H and O–H groups in total. The number of rotatable bonds is 1. The molecule has 3 heteroatoms. The molecule has 0 radical (unpaired) electrons. The fourth-order valence-corrected chi connectivity index (χ4v) is 3.16. The molecule has 2 nitrogen and oxygen atoms in total. The van der Waals surface area contributed by atoms with Gasteiger partial charge in [-0.1, -0.05) is 12.8 Å². The Morgan fingerprint density at radius 1 is 1.21 bits per heavy atom. The van der Waals surface area contributed by atoms with Crippen LogP contribution in [0.15, 0.2) is 0 Å². The molecule has 2 aliphatic rings. The van der Waals surface area contributed by atoms with E-state index >= 15 is 0 Å². The first-order chi connectivity index (χ1) is 6.83. The van der Waals surface area contributed by atoms with E-state index in [9.17, 15) is 4.79 Å². The highest BCUT2D eigenvalue weighted by atomic mass is 35.5. The molecule has 1 heterocycles. The van der Waals surface area contributed by atoms with Gasteiger partial charge in [0.1, 0.15) is 5.88 Å². The summed E-state index contributed by atoms with van der Waals surface area (Å²) in [6.07, 6.45) is 7.64. The summed E-state index contributed by atoms with van der Waals surface area (Å²) in [7, 11) is 0. The third kappa shape index (κ3) is 1.90. The molecule has 2 atom stereocenters. The van der Waals surface area contributed by atoms with Crippen LogP contribution in [0.2, 0.25) is 0 Å². The van der Waals surface area contributed by atoms with E-state index in [0.717, 1.165) is 12.5 Å². The fourth-order valence-electron chi connectivity index (χ4n) is 3.01. The summed E-state index contributed by atoms with van der Waals surface area (Å²) in [4.78, 5) is 13.7. The molecule has 1 aliphatic carbocycles. The number of hydrogen-bond acceptors (Lipinski definition) is 1. The number of piperidine rings is 1. The molecule has 0 aromatic heterocycles. The van der Waals surface area contributed by atoms with Crippen molar-refractivity contribution in [2.24, 2.45) is 5.92 Å². The Morgan fingerprint density at radius 2 is 1.93 bits per heavy atom. The molecule has 1 saturated carbocycles. The summed E-state index contributed by atoms with van der Waals surface area (Å²) in [5.74, 6) is 1.07. The lowest BCUT2D eigenvalue weighted by Crippen LogP contribution is -2.50. The molecule has 80 valence electrons. The standard InChI is InChI=1S/C11H18ClNO/c12-8-11(14)13-7-3-5-9-4-1-2-6-10(9)13/h9-10H,1-8H2/t9-,10+/m1/s1. The van der Waals surface area contributed by atoms with Gasteiger partial charge in [0.2, 0.25) is 5.91 Å². The molecule has 0 aromatic carbocycles. The zero-order valence-corrected chi connectivity index (χ0v) is 9.30. The van der Waals surface area contributed by atoms with Crippen LogP contribution in [0.1, 0.15) is 38.5 Å². The molecule has 1 amide bonds. The lowest BCUT2D eigenvalue weighted by Gasteiger charge is -2.44. The maximum absolute atomic E-state index is 11.6. The van der Waals surface area contributed by atoms with E-state index in [0.29, 0.717) is 6.04 Å². The SMILES string of the molecule is O=C(CCl)N1CCC[C@H]2CCCC[C@@H]21. The van der Waals surface area contributed by atoms with Crippen molar-refractivity contribution in [3.63, 3.8) is 0 Å². The normalized spacial score (nSPS) is 32.5. The first-order valence-electron chi connectivity index (χ1n) is 5.68. The maximum Gasteiger partial charge on any atom is 0.237 e. The van der Waals surface area contributed by atoms with Crippen LogP contribution < -0.4 is 0 Å². The van der Waals surface area contributed by atoms with Gasteiger partial charge in [-0.15, -0.1) is 11.6 Å². The largest absolute Gasteiger partial charge is 0.338 e. The lowest BCUT2D eigenvalue weighted by molar-refractivity contribution is -0.134. The molecule has 0 aromatic rings. The Balaban J connectivity index is 2.04. The molecule has 14 heavy (non-hydrogen) atoms. The van der Waals surface area contributed by atoms with E-state index in [1.807, 2.05) is 4.90 Å². The molecule has 2 rings (SSSR count). The number of hydrogen-bond donors (Lipinski definition) is 0. The number of likely N-dealkylation sites (tertiary alicyclic amines) is 1. The van der Waals surface area contributed by atoms with Gasteiger partial charge in [0.05, 0.1) is 0 Å². The number of alkyl halides is 1. The van der Waals surface area contributed by atoms with Crippen LogP contribution >= 0.6 is 11.6 Å². The number of amides is 1. The summed E-state index contributed by atoms with van der Waals surface area (Å²) in [5.41, 5.74) is 0. The van der Waals surface area contributed by atoms with Gasteiger partial charge in [-0.3, -0.25) is 4.79 Å². The Bertz CT molecular complexity index is 217. The fraction of sp³-hybridized carbons (Fsp3) is 0.909. The quantitative estimate of drug-likeness (QED) is 0.616. The molecular weight excluding hydrogens is 198 g/mol. The highest BCUT2D eigenvalue weighted by molar-refractivity contribution is 6.27. The van der Waals surface area contributed by atoms with Gasteiger partial charge in [0.25, 0.3) is 0 Å². The number of fused-ring (bicyclic) bond motifs is 1. The van der Waals surface area contributed by atoms with Gasteiger partial charge < -0.3 is 4.90 Å². The molecule has 0 unspecified atom stereocenters. The Labute approximate surface area is 90.6 Å². The molecular formula is C11H18ClNO. The van der Waals surface area contributed by atoms with Crippen molar-refractivity contribution in [2.45, 2.75) is 44.6 Å².